The van der Waals surface area contributed by atoms with Crippen molar-refractivity contribution in [3.63, 3.8) is 0 Å². The molecule has 2 aliphatic carbocycles. The van der Waals surface area contributed by atoms with E-state index in [2.05, 4.69) is 20.2 Å². The maximum Gasteiger partial charge on any atom is 0.135 e. The minimum atomic E-state index is -0.335. The molecule has 0 aromatic carbocycles. The van der Waals surface area contributed by atoms with E-state index in [1.54, 1.807) is 6.33 Å². The topological polar surface area (TPSA) is 87.3 Å². The molecule has 6 nitrogen and oxygen atoms in total. The Kier molecular flexibility index (Phi) is 5.26. The lowest BCUT2D eigenvalue weighted by atomic mass is 9.75. The van der Waals surface area contributed by atoms with Gasteiger partial charge >= 0.3 is 0 Å². The number of anilines is 1. The second-order valence-corrected chi connectivity index (χ2v) is 9.86. The molecule has 4 N–H and O–H groups in total. The van der Waals surface area contributed by atoms with Crippen LogP contribution in [-0.4, -0.2) is 51.9 Å². The van der Waals surface area contributed by atoms with Crippen molar-refractivity contribution in [2.75, 3.05) is 25.4 Å². The predicted octanol–water partition coefficient (Wildman–Crippen LogP) is 2.87. The fourth-order valence-electron chi connectivity index (χ4n) is 5.72. The number of aromatic nitrogens is 2. The molecule has 0 bridgehead atoms. The lowest BCUT2D eigenvalue weighted by Crippen LogP contribution is -2.45. The number of aryl methyl sites for hydroxylation is 1. The molecule has 2 fully saturated rings. The summed E-state index contributed by atoms with van der Waals surface area (Å²) in [6.45, 7) is 2.76. The summed E-state index contributed by atoms with van der Waals surface area (Å²) in [4.78, 5) is 13.5. The Hall–Kier alpha value is -1.28. The summed E-state index contributed by atoms with van der Waals surface area (Å²) in [7, 11) is 0. The molecule has 2 aromatic heterocycles. The molecule has 7 heteroatoms. The number of fused-ring (bicyclic) bond motifs is 3. The molecule has 28 heavy (non-hydrogen) atoms. The van der Waals surface area contributed by atoms with E-state index in [4.69, 9.17) is 5.73 Å². The molecule has 1 aliphatic heterocycles. The monoisotopic (exact) mass is 401 g/mol. The van der Waals surface area contributed by atoms with Gasteiger partial charge in [-0.25, -0.2) is 9.97 Å². The van der Waals surface area contributed by atoms with E-state index >= 15 is 0 Å². The average Bonchev–Trinajstić information content (AvgIpc) is 3.43. The van der Waals surface area contributed by atoms with Crippen LogP contribution in [0.25, 0.3) is 10.2 Å². The molecule has 0 radical (unpaired) electrons. The van der Waals surface area contributed by atoms with Crippen LogP contribution in [0.3, 0.4) is 0 Å². The Morgan fingerprint density at radius 3 is 2.93 bits per heavy atom. The van der Waals surface area contributed by atoms with Gasteiger partial charge in [-0.3, -0.25) is 4.90 Å². The lowest BCUT2D eigenvalue weighted by molar-refractivity contribution is 0.0175. The van der Waals surface area contributed by atoms with Gasteiger partial charge in [0.2, 0.25) is 0 Å². The fourth-order valence-corrected chi connectivity index (χ4v) is 6.96. The van der Waals surface area contributed by atoms with E-state index in [1.807, 2.05) is 11.3 Å². The van der Waals surface area contributed by atoms with Crippen molar-refractivity contribution < 1.29 is 5.11 Å². The molecule has 3 unspecified atom stereocenters. The number of nitrogens with two attached hydrogens (primary N) is 1. The van der Waals surface area contributed by atoms with E-state index in [-0.39, 0.29) is 6.23 Å². The first-order chi connectivity index (χ1) is 13.7. The van der Waals surface area contributed by atoms with Gasteiger partial charge in [-0.15, -0.1) is 11.3 Å². The molecule has 3 heterocycles. The summed E-state index contributed by atoms with van der Waals surface area (Å²) in [5.74, 6) is 1.92. The van der Waals surface area contributed by atoms with Gasteiger partial charge in [-0.1, -0.05) is 6.42 Å². The number of hydrogen-bond donors (Lipinski definition) is 3. The summed E-state index contributed by atoms with van der Waals surface area (Å²) < 4.78 is 0. The van der Waals surface area contributed by atoms with Crippen LogP contribution < -0.4 is 11.1 Å². The average molecular weight is 402 g/mol. The van der Waals surface area contributed by atoms with Crippen LogP contribution in [0.15, 0.2) is 6.33 Å². The van der Waals surface area contributed by atoms with Gasteiger partial charge in [0.05, 0.1) is 5.39 Å². The first-order valence-corrected chi connectivity index (χ1v) is 11.7. The Labute approximate surface area is 170 Å². The summed E-state index contributed by atoms with van der Waals surface area (Å²) in [5, 5.41) is 15.3. The second-order valence-electron chi connectivity index (χ2n) is 8.78. The SMILES string of the molecule is Nc1ncnc2sc3c(c12)C(C1CCC[C@H](NCC(O)N2CCCC2)C1)CC3. The molecule has 0 amide bonds. The first kappa shape index (κ1) is 18.7. The molecule has 0 spiro atoms. The maximum atomic E-state index is 10.4. The Bertz CT molecular complexity index is 834. The number of nitrogens with zero attached hydrogens (tertiary/aromatic N) is 3. The summed E-state index contributed by atoms with van der Waals surface area (Å²) in [6, 6.07) is 0.513. The van der Waals surface area contributed by atoms with Crippen LogP contribution in [0, 0.1) is 5.92 Å². The fraction of sp³-hybridized carbons (Fsp3) is 0.714. The molecule has 2 aromatic rings. The molecular weight excluding hydrogens is 370 g/mol. The number of nitrogen functional groups attached to an aromatic ring is 1. The molecule has 3 aliphatic rings. The summed E-state index contributed by atoms with van der Waals surface area (Å²) in [6.07, 6.45) is 11.1. The van der Waals surface area contributed by atoms with E-state index in [0.29, 0.717) is 30.2 Å². The van der Waals surface area contributed by atoms with E-state index < -0.39 is 0 Å². The standard InChI is InChI=1S/C21H31N5OS/c22-20-19-18-15(6-7-16(18)28-21(19)25-12-24-20)13-4-3-5-14(10-13)23-11-17(27)26-8-1-2-9-26/h12-15,17,23,27H,1-11H2,(H2,22,24,25)/t13?,14-,15?,17?/m0/s1. The van der Waals surface area contributed by atoms with E-state index in [0.717, 1.165) is 29.7 Å². The normalized spacial score (nSPS) is 29.4. The molecular formula is C21H31N5OS. The highest BCUT2D eigenvalue weighted by molar-refractivity contribution is 7.19. The lowest BCUT2D eigenvalue weighted by Gasteiger charge is -2.35. The zero-order valence-corrected chi connectivity index (χ0v) is 17.3. The number of thiophene rings is 1. The molecule has 1 saturated heterocycles. The number of rotatable bonds is 5. The highest BCUT2D eigenvalue weighted by Crippen LogP contribution is 2.50. The van der Waals surface area contributed by atoms with Gasteiger partial charge in [0.25, 0.3) is 0 Å². The van der Waals surface area contributed by atoms with Crippen molar-refractivity contribution in [3.8, 4) is 0 Å². The number of aliphatic hydroxyl groups is 1. The van der Waals surface area contributed by atoms with Gasteiger partial charge in [-0.05, 0) is 62.3 Å². The van der Waals surface area contributed by atoms with Crippen LogP contribution in [0.2, 0.25) is 0 Å². The number of likely N-dealkylation sites (tertiary alicyclic amines) is 1. The predicted molar refractivity (Wildman–Crippen MR) is 113 cm³/mol. The maximum absolute atomic E-state index is 10.4. The van der Waals surface area contributed by atoms with Crippen molar-refractivity contribution in [2.24, 2.45) is 5.92 Å². The highest BCUT2D eigenvalue weighted by atomic mass is 32.1. The van der Waals surface area contributed by atoms with Gasteiger partial charge in [0.15, 0.2) is 0 Å². The van der Waals surface area contributed by atoms with Crippen molar-refractivity contribution in [1.82, 2.24) is 20.2 Å². The third kappa shape index (κ3) is 3.43. The van der Waals surface area contributed by atoms with Gasteiger partial charge in [-0.2, -0.15) is 0 Å². The van der Waals surface area contributed by atoms with Gasteiger partial charge < -0.3 is 16.2 Å². The largest absolute Gasteiger partial charge is 0.383 e. The number of aliphatic hydroxyl groups excluding tert-OH is 1. The Morgan fingerprint density at radius 1 is 1.21 bits per heavy atom. The Morgan fingerprint density at radius 2 is 2.07 bits per heavy atom. The van der Waals surface area contributed by atoms with Crippen LogP contribution >= 0.6 is 11.3 Å². The minimum Gasteiger partial charge on any atom is -0.383 e. The van der Waals surface area contributed by atoms with Crippen molar-refractivity contribution in [3.05, 3.63) is 16.8 Å². The molecule has 152 valence electrons. The van der Waals surface area contributed by atoms with Crippen LogP contribution in [-0.2, 0) is 6.42 Å². The summed E-state index contributed by atoms with van der Waals surface area (Å²) >= 11 is 1.81. The highest BCUT2D eigenvalue weighted by Gasteiger charge is 2.37. The smallest absolute Gasteiger partial charge is 0.135 e. The van der Waals surface area contributed by atoms with Gasteiger partial charge in [0, 0.05) is 30.6 Å². The zero-order valence-electron chi connectivity index (χ0n) is 16.4. The van der Waals surface area contributed by atoms with Crippen molar-refractivity contribution in [1.29, 1.82) is 0 Å². The van der Waals surface area contributed by atoms with Crippen LogP contribution in [0.5, 0.6) is 0 Å². The molecule has 1 saturated carbocycles. The third-order valence-electron chi connectivity index (χ3n) is 7.12. The second kappa shape index (κ2) is 7.86. The number of nitrogens with one attached hydrogen (secondary N) is 1. The molecule has 4 atom stereocenters. The zero-order chi connectivity index (χ0) is 19.1. The van der Waals surface area contributed by atoms with Crippen LogP contribution in [0.4, 0.5) is 5.82 Å². The minimum absolute atomic E-state index is 0.335. The molecule has 5 rings (SSSR count). The van der Waals surface area contributed by atoms with E-state index in [9.17, 15) is 5.11 Å². The van der Waals surface area contributed by atoms with Crippen LogP contribution in [0.1, 0.15) is 61.3 Å². The number of hydrogen-bond acceptors (Lipinski definition) is 7. The first-order valence-electron chi connectivity index (χ1n) is 10.9. The summed E-state index contributed by atoms with van der Waals surface area (Å²) in [5.41, 5.74) is 7.70. The van der Waals surface area contributed by atoms with E-state index in [1.165, 1.54) is 55.4 Å². The quantitative estimate of drug-likeness (QED) is 0.714. The van der Waals surface area contributed by atoms with Gasteiger partial charge in [0.1, 0.15) is 23.2 Å². The van der Waals surface area contributed by atoms with Crippen molar-refractivity contribution >= 4 is 27.4 Å². The Balaban J connectivity index is 1.27. The van der Waals surface area contributed by atoms with Crippen molar-refractivity contribution in [2.45, 2.75) is 69.6 Å². The third-order valence-corrected chi connectivity index (χ3v) is 8.29.